The smallest absolute Gasteiger partial charge is 0.210 e. The molecule has 0 radical (unpaired) electrons. The highest BCUT2D eigenvalue weighted by molar-refractivity contribution is 6.09. The first-order valence-corrected chi connectivity index (χ1v) is 4.91. The van der Waals surface area contributed by atoms with Crippen molar-refractivity contribution in [1.82, 2.24) is 9.78 Å². The Balaban J connectivity index is 3.15. The number of allylic oxidation sites excluding steroid dienone is 2. The molecular weight excluding hydrogens is 192 g/mol. The van der Waals surface area contributed by atoms with Gasteiger partial charge in [-0.25, -0.2) is 0 Å². The van der Waals surface area contributed by atoms with Gasteiger partial charge in [-0.15, -0.1) is 0 Å². The lowest BCUT2D eigenvalue weighted by molar-refractivity contribution is 0.102. The van der Waals surface area contributed by atoms with E-state index >= 15 is 0 Å². The van der Waals surface area contributed by atoms with E-state index in [0.29, 0.717) is 17.9 Å². The van der Waals surface area contributed by atoms with E-state index < -0.39 is 0 Å². The maximum Gasteiger partial charge on any atom is 0.210 e. The lowest BCUT2D eigenvalue weighted by atomic mass is 10.1. The Morgan fingerprint density at radius 3 is 2.80 bits per heavy atom. The number of aromatic nitrogens is 2. The third-order valence-corrected chi connectivity index (χ3v) is 2.36. The highest BCUT2D eigenvalue weighted by Gasteiger charge is 2.19. The van der Waals surface area contributed by atoms with Crippen LogP contribution in [0, 0.1) is 0 Å². The van der Waals surface area contributed by atoms with Crippen molar-refractivity contribution >= 4 is 5.78 Å². The van der Waals surface area contributed by atoms with Gasteiger partial charge in [0.15, 0.2) is 11.4 Å². The Kier molecular flexibility index (Phi) is 3.66. The van der Waals surface area contributed by atoms with Crippen LogP contribution in [0.2, 0.25) is 0 Å². The van der Waals surface area contributed by atoms with Crippen LogP contribution in [0.4, 0.5) is 0 Å². The average Bonchev–Trinajstić information content (AvgIpc) is 2.61. The molecule has 0 N–H and O–H groups in total. The second-order valence-corrected chi connectivity index (χ2v) is 3.18. The summed E-state index contributed by atoms with van der Waals surface area (Å²) in [5, 5.41) is 4.00. The Morgan fingerprint density at radius 1 is 1.67 bits per heavy atom. The number of methoxy groups -OCH3 is 1. The van der Waals surface area contributed by atoms with Crippen molar-refractivity contribution in [3.05, 3.63) is 23.5 Å². The number of ether oxygens (including phenoxy) is 1. The Bertz CT molecular complexity index is 391. The number of aryl methyl sites for hydroxylation is 1. The molecule has 82 valence electrons. The average molecular weight is 208 g/mol. The molecular formula is C11H16N2O2. The maximum atomic E-state index is 12.1. The van der Waals surface area contributed by atoms with Gasteiger partial charge < -0.3 is 4.74 Å². The first kappa shape index (κ1) is 11.5. The largest absolute Gasteiger partial charge is 0.493 e. The molecule has 4 nitrogen and oxygen atoms in total. The van der Waals surface area contributed by atoms with E-state index in [2.05, 4.69) is 5.10 Å². The molecule has 0 amide bonds. The summed E-state index contributed by atoms with van der Waals surface area (Å²) in [4.78, 5) is 12.1. The van der Waals surface area contributed by atoms with Crippen LogP contribution in [0.3, 0.4) is 0 Å². The van der Waals surface area contributed by atoms with Gasteiger partial charge in [0.2, 0.25) is 5.78 Å². The van der Waals surface area contributed by atoms with Crippen molar-refractivity contribution in [3.8, 4) is 5.75 Å². The standard InChI is InChI=1S/C11H16N2O2/c1-5-8(6-2)11(14)10-9(15-4)7-12-13(10)3/h5,7H,6H2,1-4H3. The monoisotopic (exact) mass is 208 g/mol. The van der Waals surface area contributed by atoms with Crippen LogP contribution in [0.5, 0.6) is 5.75 Å². The molecule has 0 spiro atoms. The fourth-order valence-corrected chi connectivity index (χ4v) is 1.47. The van der Waals surface area contributed by atoms with Crippen LogP contribution in [0.1, 0.15) is 30.8 Å². The third kappa shape index (κ3) is 2.09. The normalized spacial score (nSPS) is 11.6. The molecule has 1 aromatic heterocycles. The number of hydrogen-bond donors (Lipinski definition) is 0. The first-order chi connectivity index (χ1) is 7.15. The lowest BCUT2D eigenvalue weighted by Crippen LogP contribution is -2.10. The minimum atomic E-state index is -0.0168. The minimum absolute atomic E-state index is 0.0168. The number of ketones is 1. The van der Waals surface area contributed by atoms with Gasteiger partial charge in [0.25, 0.3) is 0 Å². The van der Waals surface area contributed by atoms with E-state index in [1.165, 1.54) is 7.11 Å². The zero-order valence-corrected chi connectivity index (χ0v) is 9.57. The molecule has 1 rings (SSSR count). The number of hydrogen-bond acceptors (Lipinski definition) is 3. The summed E-state index contributed by atoms with van der Waals surface area (Å²) >= 11 is 0. The highest BCUT2D eigenvalue weighted by atomic mass is 16.5. The molecule has 0 atom stereocenters. The predicted molar refractivity (Wildman–Crippen MR) is 58.1 cm³/mol. The van der Waals surface area contributed by atoms with Crippen LogP contribution in [-0.2, 0) is 7.05 Å². The fraction of sp³-hybridized carbons (Fsp3) is 0.455. The second kappa shape index (κ2) is 4.77. The topological polar surface area (TPSA) is 44.1 Å². The molecule has 0 fully saturated rings. The van der Waals surface area contributed by atoms with Crippen molar-refractivity contribution in [2.24, 2.45) is 7.05 Å². The van der Waals surface area contributed by atoms with E-state index in [1.54, 1.807) is 17.9 Å². The minimum Gasteiger partial charge on any atom is -0.493 e. The highest BCUT2D eigenvalue weighted by Crippen LogP contribution is 2.21. The molecule has 0 saturated carbocycles. The summed E-state index contributed by atoms with van der Waals surface area (Å²) in [5.41, 5.74) is 1.28. The summed E-state index contributed by atoms with van der Waals surface area (Å²) in [5.74, 6) is 0.507. The van der Waals surface area contributed by atoms with Crippen LogP contribution in [0.25, 0.3) is 0 Å². The van der Waals surface area contributed by atoms with E-state index in [4.69, 9.17) is 4.74 Å². The fourth-order valence-electron chi connectivity index (χ4n) is 1.47. The molecule has 0 aromatic carbocycles. The number of nitrogens with zero attached hydrogens (tertiary/aromatic N) is 2. The quantitative estimate of drug-likeness (QED) is 0.561. The van der Waals surface area contributed by atoms with E-state index in [0.717, 1.165) is 5.57 Å². The zero-order valence-electron chi connectivity index (χ0n) is 9.57. The molecule has 0 aliphatic heterocycles. The van der Waals surface area contributed by atoms with Gasteiger partial charge in [0.1, 0.15) is 0 Å². The Labute approximate surface area is 89.5 Å². The third-order valence-electron chi connectivity index (χ3n) is 2.36. The molecule has 1 aromatic rings. The molecule has 0 saturated heterocycles. The van der Waals surface area contributed by atoms with Gasteiger partial charge in [-0.05, 0) is 18.9 Å². The Morgan fingerprint density at radius 2 is 2.33 bits per heavy atom. The van der Waals surface area contributed by atoms with E-state index in [-0.39, 0.29) is 5.78 Å². The van der Waals surface area contributed by atoms with Crippen LogP contribution < -0.4 is 4.74 Å². The predicted octanol–water partition coefficient (Wildman–Crippen LogP) is 1.97. The van der Waals surface area contributed by atoms with Crippen LogP contribution in [0.15, 0.2) is 17.8 Å². The first-order valence-electron chi connectivity index (χ1n) is 4.91. The van der Waals surface area contributed by atoms with Gasteiger partial charge in [-0.3, -0.25) is 9.48 Å². The van der Waals surface area contributed by atoms with E-state index in [9.17, 15) is 4.79 Å². The molecule has 1 heterocycles. The van der Waals surface area contributed by atoms with Crippen molar-refractivity contribution in [3.63, 3.8) is 0 Å². The van der Waals surface area contributed by atoms with Gasteiger partial charge in [-0.2, -0.15) is 5.10 Å². The van der Waals surface area contributed by atoms with Gasteiger partial charge in [-0.1, -0.05) is 13.0 Å². The summed E-state index contributed by atoms with van der Waals surface area (Å²) in [6.45, 7) is 3.82. The van der Waals surface area contributed by atoms with E-state index in [1.807, 2.05) is 19.9 Å². The van der Waals surface area contributed by atoms with Gasteiger partial charge in [0, 0.05) is 7.05 Å². The van der Waals surface area contributed by atoms with Gasteiger partial charge >= 0.3 is 0 Å². The second-order valence-electron chi connectivity index (χ2n) is 3.18. The summed E-state index contributed by atoms with van der Waals surface area (Å²) < 4.78 is 6.64. The Hall–Kier alpha value is -1.58. The molecule has 0 unspecified atom stereocenters. The van der Waals surface area contributed by atoms with Gasteiger partial charge in [0.05, 0.1) is 13.3 Å². The van der Waals surface area contributed by atoms with Crippen LogP contribution >= 0.6 is 0 Å². The number of rotatable bonds is 4. The number of carbonyl (C=O) groups is 1. The molecule has 0 aliphatic rings. The maximum absolute atomic E-state index is 12.1. The molecule has 15 heavy (non-hydrogen) atoms. The van der Waals surface area contributed by atoms with Crippen LogP contribution in [-0.4, -0.2) is 22.7 Å². The molecule has 4 heteroatoms. The molecule has 0 aliphatic carbocycles. The summed E-state index contributed by atoms with van der Waals surface area (Å²) in [6, 6.07) is 0. The summed E-state index contributed by atoms with van der Waals surface area (Å²) in [6.07, 6.45) is 4.09. The van der Waals surface area contributed by atoms with Crippen molar-refractivity contribution in [2.45, 2.75) is 20.3 Å². The summed E-state index contributed by atoms with van der Waals surface area (Å²) in [7, 11) is 3.27. The number of carbonyl (C=O) groups excluding carboxylic acids is 1. The zero-order chi connectivity index (χ0) is 11.4. The van der Waals surface area contributed by atoms with Crippen molar-refractivity contribution in [2.75, 3.05) is 7.11 Å². The number of Topliss-reactive ketones (excluding diaryl/α,β-unsaturated/α-hetero) is 1. The SMILES string of the molecule is CC=C(CC)C(=O)c1c(OC)cnn1C. The van der Waals surface area contributed by atoms with Crippen molar-refractivity contribution in [1.29, 1.82) is 0 Å². The van der Waals surface area contributed by atoms with Crippen molar-refractivity contribution < 1.29 is 9.53 Å². The molecule has 0 bridgehead atoms. The lowest BCUT2D eigenvalue weighted by Gasteiger charge is -2.05.